The van der Waals surface area contributed by atoms with Crippen LogP contribution in [0.2, 0.25) is 0 Å². The number of benzene rings is 1. The minimum atomic E-state index is -0.246. The molecule has 98 valence electrons. The molecule has 1 atom stereocenters. The van der Waals surface area contributed by atoms with E-state index in [1.54, 1.807) is 0 Å². The van der Waals surface area contributed by atoms with Crippen LogP contribution in [-0.2, 0) is 12.8 Å². The second-order valence-electron chi connectivity index (χ2n) is 5.90. The summed E-state index contributed by atoms with van der Waals surface area (Å²) in [5.41, 5.74) is 4.21. The molecule has 1 saturated carbocycles. The van der Waals surface area contributed by atoms with E-state index in [0.29, 0.717) is 0 Å². The predicted molar refractivity (Wildman–Crippen MR) is 75.1 cm³/mol. The molecule has 0 bridgehead atoms. The van der Waals surface area contributed by atoms with Gasteiger partial charge in [0.1, 0.15) is 0 Å². The monoisotopic (exact) mass is 245 g/mol. The molecule has 2 nitrogen and oxygen atoms in total. The van der Waals surface area contributed by atoms with E-state index in [0.717, 1.165) is 12.5 Å². The lowest BCUT2D eigenvalue weighted by Gasteiger charge is -2.27. The molecular formula is C16H23NO. The van der Waals surface area contributed by atoms with Gasteiger partial charge < -0.3 is 10.0 Å². The highest BCUT2D eigenvalue weighted by Crippen LogP contribution is 2.35. The normalized spacial score (nSPS) is 21.3. The van der Waals surface area contributed by atoms with Gasteiger partial charge in [-0.1, -0.05) is 25.0 Å². The lowest BCUT2D eigenvalue weighted by molar-refractivity contribution is 0.195. The molecule has 3 rings (SSSR count). The van der Waals surface area contributed by atoms with Crippen LogP contribution in [0.25, 0.3) is 0 Å². The lowest BCUT2D eigenvalue weighted by Crippen LogP contribution is -2.31. The maximum absolute atomic E-state index is 9.52. The van der Waals surface area contributed by atoms with Gasteiger partial charge in [-0.15, -0.1) is 0 Å². The Balaban J connectivity index is 1.84. The van der Waals surface area contributed by atoms with Gasteiger partial charge in [0.2, 0.25) is 0 Å². The molecule has 0 saturated heterocycles. The number of nitrogens with zero attached hydrogens (tertiary/aromatic N) is 1. The van der Waals surface area contributed by atoms with Gasteiger partial charge in [0.05, 0.1) is 6.10 Å². The van der Waals surface area contributed by atoms with E-state index in [-0.39, 0.29) is 6.10 Å². The summed E-state index contributed by atoms with van der Waals surface area (Å²) >= 11 is 0. The molecule has 1 heterocycles. The van der Waals surface area contributed by atoms with Crippen molar-refractivity contribution in [2.45, 2.75) is 57.6 Å². The maximum atomic E-state index is 9.52. The van der Waals surface area contributed by atoms with Crippen molar-refractivity contribution in [3.63, 3.8) is 0 Å². The second-order valence-corrected chi connectivity index (χ2v) is 5.90. The summed E-state index contributed by atoms with van der Waals surface area (Å²) in [5, 5.41) is 9.52. The Morgan fingerprint density at radius 2 is 2.11 bits per heavy atom. The standard InChI is InChI=1S/C16H23NO/c1-12(18)10-13-6-7-14-8-9-17(16(14)11-13)15-4-2-3-5-15/h6-7,11-12,15,18H,2-5,8-10H2,1H3. The van der Waals surface area contributed by atoms with E-state index in [1.165, 1.54) is 55.5 Å². The van der Waals surface area contributed by atoms with Crippen LogP contribution in [0.3, 0.4) is 0 Å². The quantitative estimate of drug-likeness (QED) is 0.885. The number of hydrogen-bond donors (Lipinski definition) is 1. The highest BCUT2D eigenvalue weighted by atomic mass is 16.3. The van der Waals surface area contributed by atoms with Gasteiger partial charge in [0.15, 0.2) is 0 Å². The molecule has 0 amide bonds. The third kappa shape index (κ3) is 2.26. The Hall–Kier alpha value is -1.02. The fourth-order valence-electron chi connectivity index (χ4n) is 3.51. The van der Waals surface area contributed by atoms with E-state index < -0.39 is 0 Å². The molecule has 1 fully saturated rings. The molecule has 0 aromatic heterocycles. The molecule has 1 aromatic carbocycles. The molecular weight excluding hydrogens is 222 g/mol. The van der Waals surface area contributed by atoms with Gasteiger partial charge in [-0.2, -0.15) is 0 Å². The summed E-state index contributed by atoms with van der Waals surface area (Å²) in [6.45, 7) is 3.06. The van der Waals surface area contributed by atoms with Gasteiger partial charge in [0.25, 0.3) is 0 Å². The highest BCUT2D eigenvalue weighted by Gasteiger charge is 2.28. The number of aliphatic hydroxyl groups is 1. The average Bonchev–Trinajstić information content (AvgIpc) is 2.94. The number of rotatable bonds is 3. The molecule has 1 aliphatic carbocycles. The first-order valence-corrected chi connectivity index (χ1v) is 7.30. The Kier molecular flexibility index (Phi) is 3.29. The predicted octanol–water partition coefficient (Wildman–Crippen LogP) is 2.92. The van der Waals surface area contributed by atoms with Crippen molar-refractivity contribution in [3.05, 3.63) is 29.3 Å². The van der Waals surface area contributed by atoms with Crippen molar-refractivity contribution in [1.29, 1.82) is 0 Å². The van der Waals surface area contributed by atoms with Crippen LogP contribution in [0.1, 0.15) is 43.7 Å². The fourth-order valence-corrected chi connectivity index (χ4v) is 3.51. The SMILES string of the molecule is CC(O)Cc1ccc2c(c1)N(C1CCCC1)CC2. The van der Waals surface area contributed by atoms with Crippen molar-refractivity contribution in [2.75, 3.05) is 11.4 Å². The van der Waals surface area contributed by atoms with E-state index >= 15 is 0 Å². The van der Waals surface area contributed by atoms with Crippen molar-refractivity contribution < 1.29 is 5.11 Å². The first-order chi connectivity index (χ1) is 8.74. The van der Waals surface area contributed by atoms with Crippen LogP contribution in [0.15, 0.2) is 18.2 Å². The third-order valence-corrected chi connectivity index (χ3v) is 4.38. The smallest absolute Gasteiger partial charge is 0.0552 e. The van der Waals surface area contributed by atoms with Gasteiger partial charge in [-0.05, 0) is 49.8 Å². The molecule has 1 unspecified atom stereocenters. The Morgan fingerprint density at radius 1 is 1.33 bits per heavy atom. The summed E-state index contributed by atoms with van der Waals surface area (Å²) in [6, 6.07) is 7.53. The Morgan fingerprint density at radius 3 is 2.83 bits per heavy atom. The first kappa shape index (κ1) is 12.0. The van der Waals surface area contributed by atoms with Crippen LogP contribution in [-0.4, -0.2) is 23.8 Å². The number of fused-ring (bicyclic) bond motifs is 1. The van der Waals surface area contributed by atoms with E-state index in [4.69, 9.17) is 0 Å². The fraction of sp³-hybridized carbons (Fsp3) is 0.625. The topological polar surface area (TPSA) is 23.5 Å². The summed E-state index contributed by atoms with van der Waals surface area (Å²) < 4.78 is 0. The van der Waals surface area contributed by atoms with Crippen LogP contribution in [0.5, 0.6) is 0 Å². The van der Waals surface area contributed by atoms with Crippen molar-refractivity contribution >= 4 is 5.69 Å². The minimum absolute atomic E-state index is 0.246. The summed E-state index contributed by atoms with van der Waals surface area (Å²) in [7, 11) is 0. The van der Waals surface area contributed by atoms with E-state index in [2.05, 4.69) is 23.1 Å². The molecule has 1 N–H and O–H groups in total. The number of aliphatic hydroxyl groups excluding tert-OH is 1. The summed E-state index contributed by atoms with van der Waals surface area (Å²) in [6.07, 6.45) is 7.23. The zero-order valence-electron chi connectivity index (χ0n) is 11.2. The van der Waals surface area contributed by atoms with Crippen molar-refractivity contribution in [2.24, 2.45) is 0 Å². The van der Waals surface area contributed by atoms with Gasteiger partial charge in [-0.25, -0.2) is 0 Å². The second kappa shape index (κ2) is 4.93. The molecule has 1 aliphatic heterocycles. The number of anilines is 1. The summed E-state index contributed by atoms with van der Waals surface area (Å²) in [4.78, 5) is 2.62. The van der Waals surface area contributed by atoms with Crippen LogP contribution in [0.4, 0.5) is 5.69 Å². The highest BCUT2D eigenvalue weighted by molar-refractivity contribution is 5.60. The lowest BCUT2D eigenvalue weighted by atomic mass is 10.0. The largest absolute Gasteiger partial charge is 0.393 e. The molecule has 0 radical (unpaired) electrons. The van der Waals surface area contributed by atoms with Crippen LogP contribution in [0, 0.1) is 0 Å². The first-order valence-electron chi connectivity index (χ1n) is 7.30. The average molecular weight is 245 g/mol. The van der Waals surface area contributed by atoms with E-state index in [9.17, 15) is 5.11 Å². The molecule has 0 spiro atoms. The Labute approximate surface area is 110 Å². The third-order valence-electron chi connectivity index (χ3n) is 4.38. The van der Waals surface area contributed by atoms with Crippen molar-refractivity contribution in [3.8, 4) is 0 Å². The molecule has 1 aromatic rings. The van der Waals surface area contributed by atoms with Crippen LogP contribution >= 0.6 is 0 Å². The molecule has 2 aliphatic rings. The van der Waals surface area contributed by atoms with Gasteiger partial charge in [-0.3, -0.25) is 0 Å². The molecule has 18 heavy (non-hydrogen) atoms. The number of hydrogen-bond acceptors (Lipinski definition) is 2. The maximum Gasteiger partial charge on any atom is 0.0552 e. The zero-order valence-corrected chi connectivity index (χ0v) is 11.2. The summed E-state index contributed by atoms with van der Waals surface area (Å²) in [5.74, 6) is 0. The van der Waals surface area contributed by atoms with Gasteiger partial charge >= 0.3 is 0 Å². The minimum Gasteiger partial charge on any atom is -0.393 e. The Bertz CT molecular complexity index is 421. The van der Waals surface area contributed by atoms with Gasteiger partial charge in [0, 0.05) is 18.3 Å². The van der Waals surface area contributed by atoms with Crippen molar-refractivity contribution in [1.82, 2.24) is 0 Å². The van der Waals surface area contributed by atoms with E-state index in [1.807, 2.05) is 6.92 Å². The zero-order chi connectivity index (χ0) is 12.5. The molecule has 2 heteroatoms. The van der Waals surface area contributed by atoms with Crippen LogP contribution < -0.4 is 4.90 Å².